The van der Waals surface area contributed by atoms with Crippen LogP contribution < -0.4 is 11.1 Å². The zero-order valence-electron chi connectivity index (χ0n) is 9.78. The third-order valence-corrected chi connectivity index (χ3v) is 2.13. The SMILES string of the molecule is COCCCNC(=O)c1nn(CCF)cc1N. The summed E-state index contributed by atoms with van der Waals surface area (Å²) < 4.78 is 18.3. The molecule has 1 amide bonds. The number of nitrogens with two attached hydrogens (primary N) is 1. The van der Waals surface area contributed by atoms with E-state index in [2.05, 4.69) is 10.4 Å². The Balaban J connectivity index is 2.50. The van der Waals surface area contributed by atoms with Crippen LogP contribution in [0.1, 0.15) is 16.9 Å². The first kappa shape index (κ1) is 13.4. The maximum absolute atomic E-state index is 12.1. The number of aromatic nitrogens is 2. The summed E-state index contributed by atoms with van der Waals surface area (Å²) in [7, 11) is 1.60. The van der Waals surface area contributed by atoms with Crippen LogP contribution in [0.4, 0.5) is 10.1 Å². The number of amides is 1. The van der Waals surface area contributed by atoms with Crippen LogP contribution in [0.15, 0.2) is 6.20 Å². The predicted octanol–water partition coefficient (Wildman–Crippen LogP) is 0.201. The lowest BCUT2D eigenvalue weighted by Gasteiger charge is -2.02. The molecule has 1 rings (SSSR count). The van der Waals surface area contributed by atoms with Crippen LogP contribution >= 0.6 is 0 Å². The number of hydrogen-bond acceptors (Lipinski definition) is 4. The van der Waals surface area contributed by atoms with Crippen LogP contribution in [0.5, 0.6) is 0 Å². The molecule has 0 aliphatic heterocycles. The van der Waals surface area contributed by atoms with E-state index < -0.39 is 6.67 Å². The molecule has 1 heterocycles. The van der Waals surface area contributed by atoms with E-state index in [1.54, 1.807) is 7.11 Å². The van der Waals surface area contributed by atoms with Crippen LogP contribution in [0.2, 0.25) is 0 Å². The van der Waals surface area contributed by atoms with Crippen LogP contribution in [-0.2, 0) is 11.3 Å². The molecule has 0 saturated carbocycles. The van der Waals surface area contributed by atoms with E-state index in [1.807, 2.05) is 0 Å². The molecule has 0 spiro atoms. The highest BCUT2D eigenvalue weighted by Gasteiger charge is 2.13. The van der Waals surface area contributed by atoms with Gasteiger partial charge >= 0.3 is 0 Å². The molecule has 0 aromatic carbocycles. The maximum Gasteiger partial charge on any atom is 0.273 e. The molecule has 0 radical (unpaired) electrons. The first-order valence-electron chi connectivity index (χ1n) is 5.35. The number of nitrogens with one attached hydrogen (secondary N) is 1. The number of rotatable bonds is 7. The van der Waals surface area contributed by atoms with Gasteiger partial charge in [-0.1, -0.05) is 0 Å². The third kappa shape index (κ3) is 4.03. The number of ether oxygens (including phenoxy) is 1. The van der Waals surface area contributed by atoms with Gasteiger partial charge in [0.15, 0.2) is 5.69 Å². The average Bonchev–Trinajstić information content (AvgIpc) is 2.66. The number of nitrogen functional groups attached to an aromatic ring is 1. The fourth-order valence-corrected chi connectivity index (χ4v) is 1.32. The second-order valence-corrected chi connectivity index (χ2v) is 3.49. The van der Waals surface area contributed by atoms with Gasteiger partial charge in [0.2, 0.25) is 0 Å². The zero-order valence-corrected chi connectivity index (χ0v) is 9.78. The van der Waals surface area contributed by atoms with Crippen LogP contribution in [0, 0.1) is 0 Å². The second kappa shape index (κ2) is 6.85. The Kier molecular flexibility index (Phi) is 5.41. The Morgan fingerprint density at radius 3 is 3.12 bits per heavy atom. The Labute approximate surface area is 98.9 Å². The third-order valence-electron chi connectivity index (χ3n) is 2.13. The molecule has 96 valence electrons. The number of anilines is 1. The predicted molar refractivity (Wildman–Crippen MR) is 61.4 cm³/mol. The molecule has 3 N–H and O–H groups in total. The molecule has 1 aromatic heterocycles. The summed E-state index contributed by atoms with van der Waals surface area (Å²) in [4.78, 5) is 11.6. The number of methoxy groups -OCH3 is 1. The molecule has 6 nitrogen and oxygen atoms in total. The van der Waals surface area contributed by atoms with Gasteiger partial charge in [0.25, 0.3) is 5.91 Å². The number of carbonyl (C=O) groups excluding carboxylic acids is 1. The second-order valence-electron chi connectivity index (χ2n) is 3.49. The summed E-state index contributed by atoms with van der Waals surface area (Å²) in [6.45, 7) is 0.616. The van der Waals surface area contributed by atoms with Crippen molar-refractivity contribution in [2.75, 3.05) is 32.7 Å². The molecule has 0 atom stereocenters. The molecule has 17 heavy (non-hydrogen) atoms. The van der Waals surface area contributed by atoms with Crippen molar-refractivity contribution in [2.45, 2.75) is 13.0 Å². The number of aryl methyl sites for hydroxylation is 1. The Morgan fingerprint density at radius 2 is 2.47 bits per heavy atom. The summed E-state index contributed by atoms with van der Waals surface area (Å²) in [5.74, 6) is -0.351. The lowest BCUT2D eigenvalue weighted by atomic mass is 10.3. The van der Waals surface area contributed by atoms with Gasteiger partial charge < -0.3 is 15.8 Å². The van der Waals surface area contributed by atoms with Crippen molar-refractivity contribution in [1.82, 2.24) is 15.1 Å². The summed E-state index contributed by atoms with van der Waals surface area (Å²) in [6, 6.07) is 0. The van der Waals surface area contributed by atoms with Crippen molar-refractivity contribution in [1.29, 1.82) is 0 Å². The molecule has 0 aliphatic rings. The minimum absolute atomic E-state index is 0.0984. The fraction of sp³-hybridized carbons (Fsp3) is 0.600. The number of alkyl halides is 1. The topological polar surface area (TPSA) is 82.2 Å². The minimum Gasteiger partial charge on any atom is -0.396 e. The average molecular weight is 244 g/mol. The van der Waals surface area contributed by atoms with Crippen LogP contribution in [-0.4, -0.2) is 42.6 Å². The van der Waals surface area contributed by atoms with E-state index in [0.717, 1.165) is 0 Å². The molecule has 7 heteroatoms. The standard InChI is InChI=1S/C10H17FN4O2/c1-17-6-2-4-13-10(16)9-8(12)7-15(14-9)5-3-11/h7H,2-6,12H2,1H3,(H,13,16). The number of nitrogens with zero attached hydrogens (tertiary/aromatic N) is 2. The smallest absolute Gasteiger partial charge is 0.273 e. The normalized spacial score (nSPS) is 10.5. The van der Waals surface area contributed by atoms with Gasteiger partial charge in [-0.05, 0) is 6.42 Å². The van der Waals surface area contributed by atoms with Gasteiger partial charge in [-0.3, -0.25) is 9.48 Å². The maximum atomic E-state index is 12.1. The van der Waals surface area contributed by atoms with Crippen LogP contribution in [0.25, 0.3) is 0 Å². The van der Waals surface area contributed by atoms with E-state index in [-0.39, 0.29) is 23.8 Å². The number of halogens is 1. The van der Waals surface area contributed by atoms with Gasteiger partial charge in [-0.2, -0.15) is 5.10 Å². The van der Waals surface area contributed by atoms with Crippen molar-refractivity contribution in [3.8, 4) is 0 Å². The number of hydrogen-bond donors (Lipinski definition) is 2. The van der Waals surface area contributed by atoms with Gasteiger partial charge in [-0.15, -0.1) is 0 Å². The van der Waals surface area contributed by atoms with E-state index in [1.165, 1.54) is 10.9 Å². The largest absolute Gasteiger partial charge is 0.396 e. The fourth-order valence-electron chi connectivity index (χ4n) is 1.32. The van der Waals surface area contributed by atoms with Gasteiger partial charge in [0.05, 0.1) is 12.2 Å². The molecule has 1 aromatic rings. The van der Waals surface area contributed by atoms with Gasteiger partial charge in [0, 0.05) is 26.5 Å². The highest BCUT2D eigenvalue weighted by Crippen LogP contribution is 2.08. The minimum atomic E-state index is -0.546. The van der Waals surface area contributed by atoms with Crippen molar-refractivity contribution in [3.05, 3.63) is 11.9 Å². The van der Waals surface area contributed by atoms with E-state index >= 15 is 0 Å². The summed E-state index contributed by atoms with van der Waals surface area (Å²) in [6.07, 6.45) is 2.16. The quantitative estimate of drug-likeness (QED) is 0.671. The Hall–Kier alpha value is -1.63. The van der Waals surface area contributed by atoms with E-state index in [4.69, 9.17) is 10.5 Å². The Bertz CT molecular complexity index is 367. The van der Waals surface area contributed by atoms with Crippen molar-refractivity contribution in [2.24, 2.45) is 0 Å². The van der Waals surface area contributed by atoms with Crippen molar-refractivity contribution in [3.63, 3.8) is 0 Å². The zero-order chi connectivity index (χ0) is 12.7. The van der Waals surface area contributed by atoms with Crippen LogP contribution in [0.3, 0.4) is 0 Å². The summed E-state index contributed by atoms with van der Waals surface area (Å²) in [5, 5.41) is 6.57. The van der Waals surface area contributed by atoms with Gasteiger partial charge in [0.1, 0.15) is 6.67 Å². The molecular weight excluding hydrogens is 227 g/mol. The van der Waals surface area contributed by atoms with Gasteiger partial charge in [-0.25, -0.2) is 4.39 Å². The molecule has 0 bridgehead atoms. The summed E-state index contributed by atoms with van der Waals surface area (Å²) in [5.41, 5.74) is 6.00. The molecule has 0 aliphatic carbocycles. The highest BCUT2D eigenvalue weighted by molar-refractivity contribution is 5.96. The highest BCUT2D eigenvalue weighted by atomic mass is 19.1. The van der Waals surface area contributed by atoms with Crippen molar-refractivity contribution >= 4 is 11.6 Å². The first-order valence-corrected chi connectivity index (χ1v) is 5.35. The molecule has 0 fully saturated rings. The van der Waals surface area contributed by atoms with E-state index in [0.29, 0.717) is 19.6 Å². The molecule has 0 saturated heterocycles. The lowest BCUT2D eigenvalue weighted by molar-refractivity contribution is 0.0943. The lowest BCUT2D eigenvalue weighted by Crippen LogP contribution is -2.26. The van der Waals surface area contributed by atoms with Crippen molar-refractivity contribution < 1.29 is 13.9 Å². The Morgan fingerprint density at radius 1 is 1.71 bits per heavy atom. The molecular formula is C10H17FN4O2. The monoisotopic (exact) mass is 244 g/mol. The number of carbonyl (C=O) groups is 1. The summed E-state index contributed by atoms with van der Waals surface area (Å²) >= 11 is 0. The molecule has 0 unspecified atom stereocenters. The first-order chi connectivity index (χ1) is 8.19. The van der Waals surface area contributed by atoms with E-state index in [9.17, 15) is 9.18 Å².